The van der Waals surface area contributed by atoms with E-state index in [2.05, 4.69) is 26.0 Å². The third kappa shape index (κ3) is 3.98. The van der Waals surface area contributed by atoms with Crippen molar-refractivity contribution in [1.82, 2.24) is 24.5 Å². The first kappa shape index (κ1) is 22.3. The van der Waals surface area contributed by atoms with Gasteiger partial charge < -0.3 is 25.3 Å². The summed E-state index contributed by atoms with van der Waals surface area (Å²) in [7, 11) is 1.67. The van der Waals surface area contributed by atoms with Crippen molar-refractivity contribution in [3.05, 3.63) is 46.5 Å². The first-order valence-corrected chi connectivity index (χ1v) is 11.2. The number of pyridine rings is 1. The normalized spacial score (nSPS) is 21.6. The maximum atomic E-state index is 13.6. The van der Waals surface area contributed by atoms with E-state index in [9.17, 15) is 18.4 Å². The lowest BCUT2D eigenvalue weighted by Gasteiger charge is -2.36. The summed E-state index contributed by atoms with van der Waals surface area (Å²) >= 11 is 0. The summed E-state index contributed by atoms with van der Waals surface area (Å²) in [4.78, 5) is 30.3. The summed E-state index contributed by atoms with van der Waals surface area (Å²) in [6.45, 7) is 1.17. The molecule has 3 aromatic heterocycles. The number of halogens is 2. The van der Waals surface area contributed by atoms with E-state index in [1.165, 1.54) is 10.7 Å². The summed E-state index contributed by atoms with van der Waals surface area (Å²) in [6.07, 6.45) is 4.73. The van der Waals surface area contributed by atoms with Crippen molar-refractivity contribution in [3.63, 3.8) is 0 Å². The maximum absolute atomic E-state index is 13.6. The molecule has 1 aliphatic heterocycles. The van der Waals surface area contributed by atoms with E-state index in [1.54, 1.807) is 36.0 Å². The summed E-state index contributed by atoms with van der Waals surface area (Å²) in [5.41, 5.74) is 0.329. The lowest BCUT2D eigenvalue weighted by molar-refractivity contribution is -0.102. The molecule has 0 radical (unpaired) electrons. The number of fused-ring (bicyclic) bond motifs is 1. The molecule has 3 N–H and O–H groups in total. The molecule has 1 amide bonds. The van der Waals surface area contributed by atoms with Gasteiger partial charge in [0.05, 0.1) is 24.9 Å². The van der Waals surface area contributed by atoms with Crippen LogP contribution in [0.4, 0.5) is 26.1 Å². The zero-order chi connectivity index (χ0) is 23.9. The Hall–Kier alpha value is -3.54. The predicted molar refractivity (Wildman–Crippen MR) is 121 cm³/mol. The number of amides is 1. The zero-order valence-electron chi connectivity index (χ0n) is 18.6. The van der Waals surface area contributed by atoms with Gasteiger partial charge >= 0.3 is 0 Å². The number of aromatic nitrogens is 4. The Kier molecular flexibility index (Phi) is 5.68. The monoisotopic (exact) mass is 473 g/mol. The van der Waals surface area contributed by atoms with E-state index in [1.807, 2.05) is 0 Å². The van der Waals surface area contributed by atoms with Crippen LogP contribution in [0.25, 0.3) is 5.65 Å². The third-order valence-corrected chi connectivity index (χ3v) is 6.32. The van der Waals surface area contributed by atoms with Gasteiger partial charge in [-0.05, 0) is 31.4 Å². The minimum atomic E-state index is -2.91. The predicted octanol–water partition coefficient (Wildman–Crippen LogP) is 2.56. The Labute approximate surface area is 193 Å². The van der Waals surface area contributed by atoms with E-state index < -0.39 is 17.9 Å². The number of hydrogen-bond donors (Lipinski definition) is 3. The largest absolute Gasteiger partial charge is 0.379 e. The van der Waals surface area contributed by atoms with Crippen LogP contribution >= 0.6 is 0 Å². The first-order chi connectivity index (χ1) is 16.4. The SMILES string of the molecule is CNc1cc(Nc2cccn([C@@H]3CCCOC3)c2=O)nc2c(C(=O)NC3CCC3(F)F)cnn12. The highest BCUT2D eigenvalue weighted by Gasteiger charge is 2.49. The minimum Gasteiger partial charge on any atom is -0.379 e. The number of nitrogens with zero attached hydrogens (tertiary/aromatic N) is 4. The summed E-state index contributed by atoms with van der Waals surface area (Å²) in [6, 6.07) is 3.82. The highest BCUT2D eigenvalue weighted by Crippen LogP contribution is 2.37. The van der Waals surface area contributed by atoms with Gasteiger partial charge in [0.25, 0.3) is 17.4 Å². The number of hydrogen-bond acceptors (Lipinski definition) is 7. The molecule has 4 heterocycles. The summed E-state index contributed by atoms with van der Waals surface area (Å²) in [5, 5.41) is 12.6. The van der Waals surface area contributed by atoms with Crippen LogP contribution in [-0.4, -0.2) is 57.3 Å². The van der Waals surface area contributed by atoms with Crippen molar-refractivity contribution in [3.8, 4) is 0 Å². The number of alkyl halides is 2. The van der Waals surface area contributed by atoms with Crippen LogP contribution < -0.4 is 21.5 Å². The van der Waals surface area contributed by atoms with Gasteiger partial charge in [0.15, 0.2) is 5.65 Å². The van der Waals surface area contributed by atoms with E-state index in [4.69, 9.17) is 4.74 Å². The second kappa shape index (κ2) is 8.67. The number of ether oxygens (including phenoxy) is 1. The van der Waals surface area contributed by atoms with E-state index in [-0.39, 0.29) is 35.7 Å². The molecule has 2 aliphatic rings. The van der Waals surface area contributed by atoms with Crippen LogP contribution in [0.1, 0.15) is 42.1 Å². The fourth-order valence-electron chi connectivity index (χ4n) is 4.26. The molecule has 0 spiro atoms. The van der Waals surface area contributed by atoms with Crippen LogP contribution in [0.3, 0.4) is 0 Å². The number of rotatable bonds is 6. The number of carbonyl (C=O) groups excluding carboxylic acids is 1. The van der Waals surface area contributed by atoms with E-state index in [0.717, 1.165) is 12.8 Å². The van der Waals surface area contributed by atoms with Gasteiger partial charge in [-0.2, -0.15) is 9.61 Å². The Balaban J connectivity index is 1.46. The lowest BCUT2D eigenvalue weighted by Crippen LogP contribution is -2.55. The third-order valence-electron chi connectivity index (χ3n) is 6.32. The molecule has 1 saturated carbocycles. The number of nitrogens with one attached hydrogen (secondary N) is 3. The second-order valence-corrected chi connectivity index (χ2v) is 8.53. The zero-order valence-corrected chi connectivity index (χ0v) is 18.6. The van der Waals surface area contributed by atoms with E-state index in [0.29, 0.717) is 30.5 Å². The van der Waals surface area contributed by atoms with Gasteiger partial charge in [-0.3, -0.25) is 9.59 Å². The minimum absolute atomic E-state index is 0.0407. The van der Waals surface area contributed by atoms with Crippen molar-refractivity contribution < 1.29 is 18.3 Å². The lowest BCUT2D eigenvalue weighted by atomic mass is 9.88. The first-order valence-electron chi connectivity index (χ1n) is 11.2. The van der Waals surface area contributed by atoms with Gasteiger partial charge in [-0.25, -0.2) is 13.8 Å². The molecule has 10 nitrogen and oxygen atoms in total. The molecular weight excluding hydrogens is 448 g/mol. The molecule has 1 unspecified atom stereocenters. The van der Waals surface area contributed by atoms with Crippen LogP contribution in [0, 0.1) is 0 Å². The maximum Gasteiger partial charge on any atom is 0.274 e. The molecule has 2 fully saturated rings. The van der Waals surface area contributed by atoms with Crippen LogP contribution in [0.15, 0.2) is 35.4 Å². The summed E-state index contributed by atoms with van der Waals surface area (Å²) in [5.74, 6) is -2.79. The molecule has 3 aromatic rings. The standard InChI is InChI=1S/C22H25F2N7O3/c1-25-18-10-17(27-15-5-2-8-30(21(15)33)13-4-3-9-34-12-13)29-19-14(11-26-31(18)19)20(32)28-16-6-7-22(16,23)24/h2,5,8,10-11,13,16,25H,3-4,6-7,9,12H2,1H3,(H,27,29)(H,28,32)/t13-,16?/m1/s1. The number of anilines is 3. The van der Waals surface area contributed by atoms with Crippen LogP contribution in [-0.2, 0) is 4.74 Å². The molecule has 0 aromatic carbocycles. The molecule has 1 saturated heterocycles. The number of carbonyl (C=O) groups is 1. The van der Waals surface area contributed by atoms with Crippen LogP contribution in [0.5, 0.6) is 0 Å². The molecular formula is C22H25F2N7O3. The molecule has 1 aliphatic carbocycles. The average molecular weight is 473 g/mol. The smallest absolute Gasteiger partial charge is 0.274 e. The highest BCUT2D eigenvalue weighted by molar-refractivity contribution is 6.00. The van der Waals surface area contributed by atoms with Gasteiger partial charge in [-0.1, -0.05) is 0 Å². The Morgan fingerprint density at radius 1 is 1.32 bits per heavy atom. The summed E-state index contributed by atoms with van der Waals surface area (Å²) < 4.78 is 35.8. The quantitative estimate of drug-likeness (QED) is 0.504. The van der Waals surface area contributed by atoms with Gasteiger partial charge in [0.2, 0.25) is 0 Å². The fourth-order valence-corrected chi connectivity index (χ4v) is 4.26. The van der Waals surface area contributed by atoms with Gasteiger partial charge in [0, 0.05) is 32.3 Å². The molecule has 5 rings (SSSR count). The molecule has 12 heteroatoms. The van der Waals surface area contributed by atoms with Crippen molar-refractivity contribution in [2.45, 2.75) is 43.7 Å². The second-order valence-electron chi connectivity index (χ2n) is 8.53. The van der Waals surface area contributed by atoms with Crippen molar-refractivity contribution in [2.75, 3.05) is 30.9 Å². The molecule has 34 heavy (non-hydrogen) atoms. The van der Waals surface area contributed by atoms with Crippen LogP contribution in [0.2, 0.25) is 0 Å². The van der Waals surface area contributed by atoms with Crippen molar-refractivity contribution >= 4 is 28.9 Å². The molecule has 180 valence electrons. The Bertz CT molecular complexity index is 1280. The van der Waals surface area contributed by atoms with Gasteiger partial charge in [0.1, 0.15) is 22.9 Å². The van der Waals surface area contributed by atoms with Crippen molar-refractivity contribution in [1.29, 1.82) is 0 Å². The van der Waals surface area contributed by atoms with Crippen molar-refractivity contribution in [2.24, 2.45) is 0 Å². The highest BCUT2D eigenvalue weighted by atomic mass is 19.3. The Morgan fingerprint density at radius 3 is 2.85 bits per heavy atom. The Morgan fingerprint density at radius 2 is 2.18 bits per heavy atom. The van der Waals surface area contributed by atoms with Gasteiger partial charge in [-0.15, -0.1) is 0 Å². The topological polar surface area (TPSA) is 115 Å². The fraction of sp³-hybridized carbons (Fsp3) is 0.455. The average Bonchev–Trinajstić information content (AvgIpc) is 3.27. The van der Waals surface area contributed by atoms with E-state index >= 15 is 0 Å². The molecule has 0 bridgehead atoms. The molecule has 2 atom stereocenters.